The summed E-state index contributed by atoms with van der Waals surface area (Å²) >= 11 is 0. The monoisotopic (exact) mass is 368 g/mol. The Morgan fingerprint density at radius 3 is 2.44 bits per heavy atom. The molecule has 0 unspecified atom stereocenters. The average Bonchev–Trinajstić information content (AvgIpc) is 3.06. The average molecular weight is 369 g/mol. The summed E-state index contributed by atoms with van der Waals surface area (Å²) in [6.07, 6.45) is 2.61. The van der Waals surface area contributed by atoms with Gasteiger partial charge in [0.1, 0.15) is 0 Å². The van der Waals surface area contributed by atoms with E-state index in [0.717, 1.165) is 74.6 Å². The molecule has 1 amide bonds. The van der Waals surface area contributed by atoms with Gasteiger partial charge in [-0.2, -0.15) is 5.10 Å². The molecule has 2 aromatic rings. The second-order valence-electron chi connectivity index (χ2n) is 7.35. The van der Waals surface area contributed by atoms with Crippen molar-refractivity contribution in [2.24, 2.45) is 0 Å². The first-order chi connectivity index (χ1) is 13.1. The molecule has 1 aliphatic heterocycles. The van der Waals surface area contributed by atoms with Crippen molar-refractivity contribution < 1.29 is 4.79 Å². The minimum atomic E-state index is 0.157. The quantitative estimate of drug-likeness (QED) is 0.784. The van der Waals surface area contributed by atoms with Crippen LogP contribution in [-0.4, -0.2) is 58.2 Å². The molecule has 0 saturated carbocycles. The van der Waals surface area contributed by atoms with Gasteiger partial charge in [0.2, 0.25) is 0 Å². The van der Waals surface area contributed by atoms with Crippen LogP contribution in [-0.2, 0) is 12.8 Å². The van der Waals surface area contributed by atoms with Crippen LogP contribution in [0.5, 0.6) is 0 Å². The third-order valence-corrected chi connectivity index (χ3v) is 5.44. The number of carbonyl (C=O) groups excluding carboxylic acids is 1. The van der Waals surface area contributed by atoms with Gasteiger partial charge in [0, 0.05) is 26.2 Å². The number of hydrogen-bond acceptors (Lipinski definition) is 3. The minimum Gasteiger partial charge on any atom is -0.336 e. The second-order valence-corrected chi connectivity index (χ2v) is 7.35. The van der Waals surface area contributed by atoms with E-state index in [1.54, 1.807) is 0 Å². The Kier molecular flexibility index (Phi) is 6.32. The Bertz CT molecular complexity index is 788. The highest BCUT2D eigenvalue weighted by molar-refractivity contribution is 5.97. The van der Waals surface area contributed by atoms with Crippen LogP contribution in [0.4, 0.5) is 0 Å². The van der Waals surface area contributed by atoms with Crippen LogP contribution in [0.2, 0.25) is 0 Å². The van der Waals surface area contributed by atoms with E-state index in [4.69, 9.17) is 5.10 Å². The highest BCUT2D eigenvalue weighted by Gasteiger charge is 2.28. The first-order valence-corrected chi connectivity index (χ1v) is 10.3. The highest BCUT2D eigenvalue weighted by atomic mass is 16.2. The smallest absolute Gasteiger partial charge is 0.257 e. The van der Waals surface area contributed by atoms with Crippen molar-refractivity contribution in [3.63, 3.8) is 0 Å². The van der Waals surface area contributed by atoms with Crippen LogP contribution in [0.25, 0.3) is 5.69 Å². The zero-order chi connectivity index (χ0) is 19.4. The Morgan fingerprint density at radius 1 is 1.11 bits per heavy atom. The van der Waals surface area contributed by atoms with Gasteiger partial charge in [-0.25, -0.2) is 4.68 Å². The highest BCUT2D eigenvalue weighted by Crippen LogP contribution is 2.24. The molecule has 5 heteroatoms. The van der Waals surface area contributed by atoms with Crippen LogP contribution >= 0.6 is 0 Å². The maximum atomic E-state index is 13.4. The van der Waals surface area contributed by atoms with Crippen molar-refractivity contribution >= 4 is 5.91 Å². The first kappa shape index (κ1) is 19.6. The molecule has 2 heterocycles. The van der Waals surface area contributed by atoms with E-state index in [-0.39, 0.29) is 5.91 Å². The summed E-state index contributed by atoms with van der Waals surface area (Å²) < 4.78 is 1.99. The van der Waals surface area contributed by atoms with Crippen LogP contribution in [0.1, 0.15) is 54.5 Å². The van der Waals surface area contributed by atoms with E-state index in [2.05, 4.69) is 56.9 Å². The first-order valence-electron chi connectivity index (χ1n) is 10.3. The third kappa shape index (κ3) is 4.08. The van der Waals surface area contributed by atoms with E-state index in [0.29, 0.717) is 0 Å². The summed E-state index contributed by atoms with van der Waals surface area (Å²) in [4.78, 5) is 17.8. The molecule has 0 radical (unpaired) electrons. The zero-order valence-electron chi connectivity index (χ0n) is 17.2. The van der Waals surface area contributed by atoms with Crippen molar-refractivity contribution in [1.82, 2.24) is 19.6 Å². The fourth-order valence-electron chi connectivity index (χ4n) is 3.89. The van der Waals surface area contributed by atoms with Gasteiger partial charge in [-0.1, -0.05) is 39.3 Å². The van der Waals surface area contributed by atoms with Crippen molar-refractivity contribution in [3.05, 3.63) is 46.8 Å². The number of rotatable bonds is 6. The molecule has 1 fully saturated rings. The molecule has 0 atom stereocenters. The number of likely N-dealkylation sites (N-methyl/N-ethyl adjacent to an activating group) is 1. The molecule has 0 aliphatic carbocycles. The molecule has 0 bridgehead atoms. The molecule has 0 spiro atoms. The number of aryl methyl sites for hydroxylation is 2. The summed E-state index contributed by atoms with van der Waals surface area (Å²) in [5, 5.41) is 4.89. The zero-order valence-corrected chi connectivity index (χ0v) is 17.2. The van der Waals surface area contributed by atoms with Crippen LogP contribution in [0, 0.1) is 6.92 Å². The van der Waals surface area contributed by atoms with Gasteiger partial charge in [-0.15, -0.1) is 0 Å². The number of aromatic nitrogens is 2. The number of nitrogens with zero attached hydrogens (tertiary/aromatic N) is 4. The standard InChI is InChI=1S/C22H32N4O/c1-5-9-19-21(22(27)25-14-12-24(7-3)13-15-25)20(6-2)26(23-19)18-11-8-10-17(4)16-18/h8,10-11,16H,5-7,9,12-15H2,1-4H3. The Morgan fingerprint density at radius 2 is 1.85 bits per heavy atom. The lowest BCUT2D eigenvalue weighted by molar-refractivity contribution is 0.0641. The van der Waals surface area contributed by atoms with Gasteiger partial charge in [0.15, 0.2) is 0 Å². The lowest BCUT2D eigenvalue weighted by Gasteiger charge is -2.34. The molecule has 1 aromatic carbocycles. The van der Waals surface area contributed by atoms with Crippen molar-refractivity contribution in [3.8, 4) is 5.69 Å². The summed E-state index contributed by atoms with van der Waals surface area (Å²) in [5.41, 5.74) is 5.06. The van der Waals surface area contributed by atoms with Crippen molar-refractivity contribution in [2.75, 3.05) is 32.7 Å². The molecular weight excluding hydrogens is 336 g/mol. The van der Waals surface area contributed by atoms with Gasteiger partial charge in [-0.05, 0) is 44.0 Å². The maximum absolute atomic E-state index is 13.4. The van der Waals surface area contributed by atoms with Gasteiger partial charge in [0.25, 0.3) is 5.91 Å². The van der Waals surface area contributed by atoms with E-state index < -0.39 is 0 Å². The predicted octanol–water partition coefficient (Wildman–Crippen LogP) is 3.47. The number of benzene rings is 1. The molecule has 0 N–H and O–H groups in total. The summed E-state index contributed by atoms with van der Waals surface area (Å²) in [7, 11) is 0. The summed E-state index contributed by atoms with van der Waals surface area (Å²) in [5.74, 6) is 0.157. The molecule has 1 aliphatic rings. The Hall–Kier alpha value is -2.14. The van der Waals surface area contributed by atoms with Gasteiger partial charge in [-0.3, -0.25) is 4.79 Å². The van der Waals surface area contributed by atoms with Gasteiger partial charge >= 0.3 is 0 Å². The molecule has 146 valence electrons. The lowest BCUT2D eigenvalue weighted by atomic mass is 10.1. The minimum absolute atomic E-state index is 0.157. The number of hydrogen-bond donors (Lipinski definition) is 0. The normalized spacial score (nSPS) is 15.3. The van der Waals surface area contributed by atoms with E-state index >= 15 is 0 Å². The number of amides is 1. The maximum Gasteiger partial charge on any atom is 0.257 e. The van der Waals surface area contributed by atoms with E-state index in [1.165, 1.54) is 5.56 Å². The summed E-state index contributed by atoms with van der Waals surface area (Å²) in [6.45, 7) is 13.1. The van der Waals surface area contributed by atoms with Gasteiger partial charge < -0.3 is 9.80 Å². The summed E-state index contributed by atoms with van der Waals surface area (Å²) in [6, 6.07) is 8.35. The fourth-order valence-corrected chi connectivity index (χ4v) is 3.89. The van der Waals surface area contributed by atoms with Crippen molar-refractivity contribution in [1.29, 1.82) is 0 Å². The van der Waals surface area contributed by atoms with E-state index in [9.17, 15) is 4.79 Å². The van der Waals surface area contributed by atoms with Gasteiger partial charge in [0.05, 0.1) is 22.6 Å². The second kappa shape index (κ2) is 8.70. The number of carbonyl (C=O) groups is 1. The Balaban J connectivity index is 1.99. The SMILES string of the molecule is CCCc1nn(-c2cccc(C)c2)c(CC)c1C(=O)N1CCN(CC)CC1. The third-order valence-electron chi connectivity index (χ3n) is 5.44. The topological polar surface area (TPSA) is 41.4 Å². The molecular formula is C22H32N4O. The number of piperazine rings is 1. The van der Waals surface area contributed by atoms with Crippen molar-refractivity contribution in [2.45, 2.75) is 47.0 Å². The fraction of sp³-hybridized carbons (Fsp3) is 0.545. The predicted molar refractivity (Wildman–Crippen MR) is 110 cm³/mol. The molecule has 27 heavy (non-hydrogen) atoms. The van der Waals surface area contributed by atoms with Crippen LogP contribution in [0.15, 0.2) is 24.3 Å². The lowest BCUT2D eigenvalue weighted by Crippen LogP contribution is -2.48. The largest absolute Gasteiger partial charge is 0.336 e. The van der Waals surface area contributed by atoms with E-state index in [1.807, 2.05) is 9.58 Å². The molecule has 5 nitrogen and oxygen atoms in total. The van der Waals surface area contributed by atoms with Crippen LogP contribution < -0.4 is 0 Å². The molecule has 3 rings (SSSR count). The molecule has 1 aromatic heterocycles. The molecule has 1 saturated heterocycles. The van der Waals surface area contributed by atoms with Crippen LogP contribution in [0.3, 0.4) is 0 Å². The Labute approximate surface area is 163 Å².